The highest BCUT2D eigenvalue weighted by Crippen LogP contribution is 2.17. The van der Waals surface area contributed by atoms with Gasteiger partial charge in [-0.2, -0.15) is 0 Å². The van der Waals surface area contributed by atoms with E-state index >= 15 is 0 Å². The summed E-state index contributed by atoms with van der Waals surface area (Å²) in [5, 5.41) is 13.7. The van der Waals surface area contributed by atoms with Crippen LogP contribution in [0.4, 0.5) is 10.5 Å². The molecule has 0 radical (unpaired) electrons. The third-order valence-corrected chi connectivity index (χ3v) is 2.00. The first kappa shape index (κ1) is 14.6. The van der Waals surface area contributed by atoms with Crippen molar-refractivity contribution in [2.75, 3.05) is 18.5 Å². The minimum absolute atomic E-state index is 0.363. The second-order valence-corrected chi connectivity index (χ2v) is 3.98. The molecule has 0 bridgehead atoms. The van der Waals surface area contributed by atoms with E-state index in [-0.39, 0.29) is 6.03 Å². The molecule has 0 aromatic heterocycles. The zero-order chi connectivity index (χ0) is 14.3. The zero-order valence-corrected chi connectivity index (χ0v) is 10.6. The summed E-state index contributed by atoms with van der Waals surface area (Å²) in [6.45, 7) is 5.44. The largest absolute Gasteiger partial charge is 0.482 e. The molecule has 0 aliphatic rings. The summed E-state index contributed by atoms with van der Waals surface area (Å²) in [5.74, 6) is -0.683. The number of ether oxygens (including phenoxy) is 1. The van der Waals surface area contributed by atoms with Gasteiger partial charge >= 0.3 is 12.0 Å². The Labute approximate surface area is 111 Å². The Morgan fingerprint density at radius 3 is 2.79 bits per heavy atom. The van der Waals surface area contributed by atoms with Crippen molar-refractivity contribution in [1.29, 1.82) is 0 Å². The highest BCUT2D eigenvalue weighted by atomic mass is 16.5. The number of hydrogen-bond acceptors (Lipinski definition) is 3. The Hall–Kier alpha value is -2.50. The van der Waals surface area contributed by atoms with Crippen molar-refractivity contribution < 1.29 is 19.4 Å². The summed E-state index contributed by atoms with van der Waals surface area (Å²) in [6, 6.07) is 6.13. The van der Waals surface area contributed by atoms with Gasteiger partial charge in [-0.1, -0.05) is 18.2 Å². The highest BCUT2D eigenvalue weighted by molar-refractivity contribution is 5.89. The predicted octanol–water partition coefficient (Wildman–Crippen LogP) is 1.85. The van der Waals surface area contributed by atoms with Crippen molar-refractivity contribution in [2.24, 2.45) is 0 Å². The van der Waals surface area contributed by atoms with Crippen LogP contribution < -0.4 is 15.4 Å². The van der Waals surface area contributed by atoms with Crippen molar-refractivity contribution >= 4 is 17.7 Å². The van der Waals surface area contributed by atoms with Crippen LogP contribution >= 0.6 is 0 Å². The van der Waals surface area contributed by atoms with Crippen LogP contribution in [0.25, 0.3) is 0 Å². The van der Waals surface area contributed by atoms with Crippen LogP contribution in [0.2, 0.25) is 0 Å². The number of amides is 2. The van der Waals surface area contributed by atoms with Gasteiger partial charge in [0.25, 0.3) is 0 Å². The Morgan fingerprint density at radius 2 is 2.16 bits per heavy atom. The van der Waals surface area contributed by atoms with E-state index in [4.69, 9.17) is 9.84 Å². The second kappa shape index (κ2) is 7.05. The molecule has 2 amide bonds. The molecule has 0 fully saturated rings. The summed E-state index contributed by atoms with van der Waals surface area (Å²) in [6.07, 6.45) is 0. The Kier molecular flexibility index (Phi) is 5.40. The van der Waals surface area contributed by atoms with Gasteiger partial charge in [-0.15, -0.1) is 0 Å². The lowest BCUT2D eigenvalue weighted by Crippen LogP contribution is -2.29. The first-order valence-corrected chi connectivity index (χ1v) is 5.61. The van der Waals surface area contributed by atoms with Gasteiger partial charge in [0.15, 0.2) is 6.61 Å². The molecule has 1 rings (SSSR count). The van der Waals surface area contributed by atoms with Gasteiger partial charge < -0.3 is 20.5 Å². The Balaban J connectivity index is 2.54. The average Bonchev–Trinajstić information content (AvgIpc) is 2.34. The van der Waals surface area contributed by atoms with Gasteiger partial charge in [-0.3, -0.25) is 0 Å². The van der Waals surface area contributed by atoms with Gasteiger partial charge in [-0.05, 0) is 19.1 Å². The molecule has 0 spiro atoms. The van der Waals surface area contributed by atoms with Crippen molar-refractivity contribution in [1.82, 2.24) is 5.32 Å². The molecule has 102 valence electrons. The van der Waals surface area contributed by atoms with Crippen LogP contribution in [0, 0.1) is 0 Å². The first-order valence-electron chi connectivity index (χ1n) is 5.61. The molecule has 0 unspecified atom stereocenters. The lowest BCUT2D eigenvalue weighted by atomic mass is 10.3. The quantitative estimate of drug-likeness (QED) is 0.684. The van der Waals surface area contributed by atoms with Crippen molar-refractivity contribution in [3.8, 4) is 5.75 Å². The number of rotatable bonds is 6. The van der Waals surface area contributed by atoms with E-state index in [1.807, 2.05) is 0 Å². The van der Waals surface area contributed by atoms with Gasteiger partial charge in [0, 0.05) is 18.3 Å². The molecule has 1 aromatic rings. The molecule has 6 nitrogen and oxygen atoms in total. The maximum absolute atomic E-state index is 11.5. The molecule has 0 saturated heterocycles. The lowest BCUT2D eigenvalue weighted by molar-refractivity contribution is -0.139. The topological polar surface area (TPSA) is 87.7 Å². The standard InChI is InChI=1S/C13H16N2O4/c1-9(2)7-14-13(18)15-10-4-3-5-11(6-10)19-8-12(16)17/h3-6H,1,7-8H2,2H3,(H,16,17)(H2,14,15,18). The van der Waals surface area contributed by atoms with Crippen LogP contribution in [-0.2, 0) is 4.79 Å². The van der Waals surface area contributed by atoms with Crippen LogP contribution in [0.5, 0.6) is 5.75 Å². The van der Waals surface area contributed by atoms with E-state index in [9.17, 15) is 9.59 Å². The number of hydrogen-bond donors (Lipinski definition) is 3. The summed E-state index contributed by atoms with van der Waals surface area (Å²) in [4.78, 5) is 21.9. The smallest absolute Gasteiger partial charge is 0.341 e. The van der Waals surface area contributed by atoms with Gasteiger partial charge in [0.05, 0.1) is 0 Å². The number of urea groups is 1. The van der Waals surface area contributed by atoms with E-state index in [1.165, 1.54) is 0 Å². The molecule has 0 aliphatic carbocycles. The van der Waals surface area contributed by atoms with Gasteiger partial charge in [0.1, 0.15) is 5.75 Å². The molecule has 0 heterocycles. The third-order valence-electron chi connectivity index (χ3n) is 2.00. The second-order valence-electron chi connectivity index (χ2n) is 3.98. The van der Waals surface area contributed by atoms with Crippen molar-refractivity contribution in [2.45, 2.75) is 6.92 Å². The van der Waals surface area contributed by atoms with Crippen LogP contribution in [0.1, 0.15) is 6.92 Å². The maximum atomic E-state index is 11.5. The highest BCUT2D eigenvalue weighted by Gasteiger charge is 2.03. The fourth-order valence-corrected chi connectivity index (χ4v) is 1.22. The average molecular weight is 264 g/mol. The molecule has 3 N–H and O–H groups in total. The molecule has 0 aliphatic heterocycles. The lowest BCUT2D eigenvalue weighted by Gasteiger charge is -2.09. The third kappa shape index (κ3) is 6.11. The molecule has 0 atom stereocenters. The van der Waals surface area contributed by atoms with Gasteiger partial charge in [0.2, 0.25) is 0 Å². The van der Waals surface area contributed by atoms with E-state index < -0.39 is 12.6 Å². The monoisotopic (exact) mass is 264 g/mol. The van der Waals surface area contributed by atoms with E-state index in [1.54, 1.807) is 31.2 Å². The minimum Gasteiger partial charge on any atom is -0.482 e. The summed E-state index contributed by atoms with van der Waals surface area (Å²) >= 11 is 0. The molecule has 19 heavy (non-hydrogen) atoms. The summed E-state index contributed by atoms with van der Waals surface area (Å²) in [5.41, 5.74) is 1.36. The molecule has 6 heteroatoms. The number of carbonyl (C=O) groups excluding carboxylic acids is 1. The number of carboxylic acids is 1. The summed E-state index contributed by atoms with van der Waals surface area (Å²) < 4.78 is 5.00. The molecule has 0 saturated carbocycles. The fraction of sp³-hybridized carbons (Fsp3) is 0.231. The number of carbonyl (C=O) groups is 2. The van der Waals surface area contributed by atoms with E-state index in [0.717, 1.165) is 5.57 Å². The van der Waals surface area contributed by atoms with Crippen LogP contribution in [0.15, 0.2) is 36.4 Å². The molecular weight excluding hydrogens is 248 g/mol. The Bertz CT molecular complexity index is 485. The van der Waals surface area contributed by atoms with E-state index in [0.29, 0.717) is 18.0 Å². The first-order chi connectivity index (χ1) is 8.97. The minimum atomic E-state index is -1.06. The maximum Gasteiger partial charge on any atom is 0.341 e. The van der Waals surface area contributed by atoms with Gasteiger partial charge in [-0.25, -0.2) is 9.59 Å². The normalized spacial score (nSPS) is 9.53. The van der Waals surface area contributed by atoms with Crippen LogP contribution in [0.3, 0.4) is 0 Å². The predicted molar refractivity (Wildman–Crippen MR) is 71.4 cm³/mol. The van der Waals surface area contributed by atoms with E-state index in [2.05, 4.69) is 17.2 Å². The zero-order valence-electron chi connectivity index (χ0n) is 10.6. The molecular formula is C13H16N2O4. The molecule has 1 aromatic carbocycles. The van der Waals surface area contributed by atoms with Crippen molar-refractivity contribution in [3.05, 3.63) is 36.4 Å². The number of carboxylic acid groups (broad SMARTS) is 1. The fourth-order valence-electron chi connectivity index (χ4n) is 1.22. The van der Waals surface area contributed by atoms with Crippen LogP contribution in [-0.4, -0.2) is 30.3 Å². The number of aliphatic carboxylic acids is 1. The number of nitrogens with one attached hydrogen (secondary N) is 2. The summed E-state index contributed by atoms with van der Waals surface area (Å²) in [7, 11) is 0. The number of anilines is 1. The SMILES string of the molecule is C=C(C)CNC(=O)Nc1cccc(OCC(=O)O)c1. The number of benzene rings is 1. The van der Waals surface area contributed by atoms with Crippen molar-refractivity contribution in [3.63, 3.8) is 0 Å². The Morgan fingerprint density at radius 1 is 1.42 bits per heavy atom.